The van der Waals surface area contributed by atoms with Crippen molar-refractivity contribution in [1.29, 1.82) is 0 Å². The number of imidazole rings is 1. The molecule has 21 heavy (non-hydrogen) atoms. The van der Waals surface area contributed by atoms with Gasteiger partial charge in [0.05, 0.1) is 0 Å². The topological polar surface area (TPSA) is 68.5 Å². The molecular weight excluding hydrogens is 288 g/mol. The van der Waals surface area contributed by atoms with Crippen molar-refractivity contribution in [3.63, 3.8) is 0 Å². The Labute approximate surface area is 129 Å². The summed E-state index contributed by atoms with van der Waals surface area (Å²) in [5.41, 5.74) is 0. The quantitative estimate of drug-likeness (QED) is 0.883. The van der Waals surface area contributed by atoms with Crippen molar-refractivity contribution in [3.05, 3.63) is 24.0 Å². The Balaban J connectivity index is 1.81. The molecule has 0 bridgehead atoms. The van der Waals surface area contributed by atoms with Gasteiger partial charge in [-0.1, -0.05) is 26.2 Å². The van der Waals surface area contributed by atoms with E-state index in [1.54, 1.807) is 23.3 Å². The van der Waals surface area contributed by atoms with E-state index in [9.17, 15) is 0 Å². The van der Waals surface area contributed by atoms with Crippen molar-refractivity contribution >= 4 is 17.5 Å². The zero-order chi connectivity index (χ0) is 14.7. The molecule has 0 amide bonds. The fourth-order valence-corrected chi connectivity index (χ4v) is 2.93. The minimum Gasteiger partial charge on any atom is -0.351 e. The highest BCUT2D eigenvalue weighted by molar-refractivity contribution is 6.28. The molecule has 0 spiro atoms. The average Bonchev–Trinajstić information content (AvgIpc) is 2.92. The smallest absolute Gasteiger partial charge is 0.241 e. The average molecular weight is 307 g/mol. The fraction of sp³-hybridized carbons (Fsp3) is 0.571. The summed E-state index contributed by atoms with van der Waals surface area (Å²) in [5.74, 6) is 1.63. The molecule has 2 aromatic rings. The van der Waals surface area contributed by atoms with E-state index in [0.717, 1.165) is 6.42 Å². The van der Waals surface area contributed by atoms with Gasteiger partial charge in [0.25, 0.3) is 0 Å². The van der Waals surface area contributed by atoms with Crippen LogP contribution in [0.15, 0.2) is 18.7 Å². The summed E-state index contributed by atoms with van der Waals surface area (Å²) in [7, 11) is 0. The number of anilines is 1. The molecule has 2 heterocycles. The van der Waals surface area contributed by atoms with Crippen LogP contribution < -0.4 is 5.32 Å². The van der Waals surface area contributed by atoms with E-state index in [0.29, 0.717) is 23.9 Å². The van der Waals surface area contributed by atoms with E-state index < -0.39 is 0 Å². The lowest BCUT2D eigenvalue weighted by Gasteiger charge is -2.22. The maximum Gasteiger partial charge on any atom is 0.241 e. The highest BCUT2D eigenvalue weighted by Crippen LogP contribution is 2.25. The Kier molecular flexibility index (Phi) is 4.34. The van der Waals surface area contributed by atoms with E-state index in [1.807, 2.05) is 0 Å². The van der Waals surface area contributed by atoms with Gasteiger partial charge in [-0.2, -0.15) is 15.0 Å². The molecule has 112 valence electrons. The summed E-state index contributed by atoms with van der Waals surface area (Å²) in [4.78, 5) is 16.8. The second-order valence-corrected chi connectivity index (χ2v) is 5.90. The van der Waals surface area contributed by atoms with Crippen molar-refractivity contribution in [2.75, 3.05) is 5.32 Å². The number of hydrogen-bond acceptors (Lipinski definition) is 5. The zero-order valence-corrected chi connectivity index (χ0v) is 12.8. The van der Waals surface area contributed by atoms with Crippen LogP contribution in [0.5, 0.6) is 0 Å². The molecule has 1 N–H and O–H groups in total. The summed E-state index contributed by atoms with van der Waals surface area (Å²) >= 11 is 6.02. The first-order chi connectivity index (χ1) is 10.2. The van der Waals surface area contributed by atoms with Crippen molar-refractivity contribution < 1.29 is 0 Å². The van der Waals surface area contributed by atoms with Crippen molar-refractivity contribution in [3.8, 4) is 5.95 Å². The molecule has 1 saturated carbocycles. The molecule has 7 heteroatoms. The Bertz CT molecular complexity index is 585. The number of nitrogens with zero attached hydrogens (tertiary/aromatic N) is 5. The van der Waals surface area contributed by atoms with Gasteiger partial charge in [0, 0.05) is 18.4 Å². The molecule has 0 saturated heterocycles. The van der Waals surface area contributed by atoms with Gasteiger partial charge in [-0.3, -0.25) is 4.57 Å². The van der Waals surface area contributed by atoms with Crippen LogP contribution in [0.3, 0.4) is 0 Å². The third-order valence-corrected chi connectivity index (χ3v) is 4.18. The molecule has 0 aliphatic heterocycles. The normalized spacial score (nSPS) is 22.8. The lowest BCUT2D eigenvalue weighted by Crippen LogP contribution is -2.27. The third kappa shape index (κ3) is 3.50. The highest BCUT2D eigenvalue weighted by Gasteiger charge is 2.21. The summed E-state index contributed by atoms with van der Waals surface area (Å²) in [6, 6.07) is 0.390. The van der Waals surface area contributed by atoms with Crippen molar-refractivity contribution in [1.82, 2.24) is 24.5 Å². The SMILES string of the molecule is CC1CCCCCC1Nc1nc(Cl)nc(-n2ccnc2)n1. The molecule has 2 aromatic heterocycles. The van der Waals surface area contributed by atoms with E-state index in [4.69, 9.17) is 11.6 Å². The first-order valence-electron chi connectivity index (χ1n) is 7.39. The fourth-order valence-electron chi connectivity index (χ4n) is 2.77. The van der Waals surface area contributed by atoms with Gasteiger partial charge < -0.3 is 5.32 Å². The number of nitrogens with one attached hydrogen (secondary N) is 1. The van der Waals surface area contributed by atoms with Crippen LogP contribution in [-0.4, -0.2) is 30.5 Å². The number of rotatable bonds is 3. The van der Waals surface area contributed by atoms with Crippen LogP contribution in [0, 0.1) is 5.92 Å². The highest BCUT2D eigenvalue weighted by atomic mass is 35.5. The zero-order valence-electron chi connectivity index (χ0n) is 12.0. The van der Waals surface area contributed by atoms with Crippen LogP contribution in [0.4, 0.5) is 5.95 Å². The first kappa shape index (κ1) is 14.3. The van der Waals surface area contributed by atoms with Crippen LogP contribution in [-0.2, 0) is 0 Å². The number of halogens is 1. The standard InChI is InChI=1S/C14H19ClN6/c1-10-5-3-2-4-6-11(10)17-13-18-12(15)19-14(20-13)21-8-7-16-9-21/h7-11H,2-6H2,1H3,(H,17,18,19,20). The number of aromatic nitrogens is 5. The van der Waals surface area contributed by atoms with Crippen molar-refractivity contribution in [2.45, 2.75) is 45.1 Å². The Morgan fingerprint density at radius 3 is 2.86 bits per heavy atom. The molecule has 3 rings (SSSR count). The Morgan fingerprint density at radius 1 is 1.19 bits per heavy atom. The summed E-state index contributed by atoms with van der Waals surface area (Å²) in [6.45, 7) is 2.28. The third-order valence-electron chi connectivity index (χ3n) is 4.01. The van der Waals surface area contributed by atoms with Gasteiger partial charge in [0.1, 0.15) is 6.33 Å². The van der Waals surface area contributed by atoms with E-state index in [-0.39, 0.29) is 5.28 Å². The molecule has 2 unspecified atom stereocenters. The van der Waals surface area contributed by atoms with Crippen LogP contribution >= 0.6 is 11.6 Å². The Hall–Kier alpha value is -1.69. The monoisotopic (exact) mass is 306 g/mol. The number of hydrogen-bond donors (Lipinski definition) is 1. The lowest BCUT2D eigenvalue weighted by atomic mass is 9.97. The molecule has 0 radical (unpaired) electrons. The van der Waals surface area contributed by atoms with Gasteiger partial charge in [-0.15, -0.1) is 0 Å². The first-order valence-corrected chi connectivity index (χ1v) is 7.76. The summed E-state index contributed by atoms with van der Waals surface area (Å²) in [5, 5.41) is 3.63. The second kappa shape index (κ2) is 6.39. The molecule has 1 aliphatic rings. The molecular formula is C14H19ClN6. The van der Waals surface area contributed by atoms with E-state index >= 15 is 0 Å². The molecule has 6 nitrogen and oxygen atoms in total. The molecule has 2 atom stereocenters. The minimum atomic E-state index is 0.192. The van der Waals surface area contributed by atoms with Gasteiger partial charge in [-0.05, 0) is 30.4 Å². The minimum absolute atomic E-state index is 0.192. The van der Waals surface area contributed by atoms with Gasteiger partial charge in [0.15, 0.2) is 0 Å². The maximum atomic E-state index is 6.02. The molecule has 1 aliphatic carbocycles. The lowest BCUT2D eigenvalue weighted by molar-refractivity contribution is 0.454. The van der Waals surface area contributed by atoms with Gasteiger partial charge in [-0.25, -0.2) is 4.98 Å². The van der Waals surface area contributed by atoms with E-state index in [1.165, 1.54) is 25.7 Å². The van der Waals surface area contributed by atoms with Gasteiger partial charge >= 0.3 is 0 Å². The summed E-state index contributed by atoms with van der Waals surface area (Å²) < 4.78 is 1.72. The van der Waals surface area contributed by atoms with Gasteiger partial charge in [0.2, 0.25) is 17.2 Å². The van der Waals surface area contributed by atoms with E-state index in [2.05, 4.69) is 32.2 Å². The molecule has 0 aromatic carbocycles. The van der Waals surface area contributed by atoms with Crippen LogP contribution in [0.1, 0.15) is 39.0 Å². The van der Waals surface area contributed by atoms with Crippen LogP contribution in [0.25, 0.3) is 5.95 Å². The predicted octanol–water partition coefficient (Wildman–Crippen LogP) is 3.09. The Morgan fingerprint density at radius 2 is 2.05 bits per heavy atom. The van der Waals surface area contributed by atoms with Crippen LogP contribution in [0.2, 0.25) is 5.28 Å². The predicted molar refractivity (Wildman–Crippen MR) is 81.6 cm³/mol. The largest absolute Gasteiger partial charge is 0.351 e. The van der Waals surface area contributed by atoms with Crippen molar-refractivity contribution in [2.24, 2.45) is 5.92 Å². The maximum absolute atomic E-state index is 6.02. The second-order valence-electron chi connectivity index (χ2n) is 5.56. The molecule has 1 fully saturated rings. The summed E-state index contributed by atoms with van der Waals surface area (Å²) in [6.07, 6.45) is 11.3.